The second kappa shape index (κ2) is 6.82. The molecule has 0 heteroatoms. The van der Waals surface area contributed by atoms with Gasteiger partial charge in [0.25, 0.3) is 0 Å². The molecule has 3 aliphatic carbocycles. The van der Waals surface area contributed by atoms with Gasteiger partial charge in [0.2, 0.25) is 0 Å². The number of fused-ring (bicyclic) bond motifs is 9. The predicted molar refractivity (Wildman–Crippen MR) is 150 cm³/mol. The summed E-state index contributed by atoms with van der Waals surface area (Å²) in [4.78, 5) is 0. The first-order valence-corrected chi connectivity index (χ1v) is 12.1. The van der Waals surface area contributed by atoms with Gasteiger partial charge in [-0.05, 0) is 75.7 Å². The molecule has 3 aromatic carbocycles. The van der Waals surface area contributed by atoms with E-state index < -0.39 is 16.2 Å². The van der Waals surface area contributed by atoms with Gasteiger partial charge in [-0.2, -0.15) is 0 Å². The highest BCUT2D eigenvalue weighted by Gasteiger charge is 2.73. The van der Waals surface area contributed by atoms with E-state index in [9.17, 15) is 0 Å². The fourth-order valence-corrected chi connectivity index (χ4v) is 8.19. The van der Waals surface area contributed by atoms with Crippen LogP contribution in [0.4, 0.5) is 0 Å². The molecule has 0 spiro atoms. The van der Waals surface area contributed by atoms with Gasteiger partial charge < -0.3 is 0 Å². The zero-order valence-electron chi connectivity index (χ0n) is 21.0. The summed E-state index contributed by atoms with van der Waals surface area (Å²) in [5.74, 6) is 16.9. The van der Waals surface area contributed by atoms with Crippen LogP contribution in [0.2, 0.25) is 0 Å². The first kappa shape index (κ1) is 22.5. The van der Waals surface area contributed by atoms with E-state index in [4.69, 9.17) is 38.5 Å². The van der Waals surface area contributed by atoms with Gasteiger partial charge in [-0.25, -0.2) is 0 Å². The number of terminal acetylenes is 6. The number of benzene rings is 3. The molecule has 0 radical (unpaired) electrons. The second-order valence-electron chi connectivity index (χ2n) is 10.7. The summed E-state index contributed by atoms with van der Waals surface area (Å²) in [5, 5.41) is 0. The normalized spacial score (nSPS) is 26.7. The molecule has 0 saturated carbocycles. The largest absolute Gasteiger partial charge is 0.115 e. The minimum absolute atomic E-state index is 0.100. The number of hydrogen-bond acceptors (Lipinski definition) is 0. The van der Waals surface area contributed by atoms with Crippen LogP contribution < -0.4 is 0 Å². The molecule has 6 rings (SSSR count). The molecule has 0 aliphatic heterocycles. The van der Waals surface area contributed by atoms with Gasteiger partial charge in [0, 0.05) is 49.6 Å². The number of rotatable bonds is 0. The molecule has 0 saturated heterocycles. The van der Waals surface area contributed by atoms with Gasteiger partial charge in [-0.15, -0.1) is 38.5 Å². The Morgan fingerprint density at radius 3 is 0.703 bits per heavy atom. The third-order valence-corrected chi connectivity index (χ3v) is 9.50. The van der Waals surface area contributed by atoms with Gasteiger partial charge in [0.05, 0.1) is 0 Å². The Morgan fingerprint density at radius 2 is 0.568 bits per heavy atom. The van der Waals surface area contributed by atoms with Gasteiger partial charge in [-0.1, -0.05) is 56.3 Å². The Balaban J connectivity index is 1.88. The Bertz CT molecular complexity index is 1530. The molecule has 0 nitrogen and oxygen atoms in total. The molecule has 0 fully saturated rings. The lowest BCUT2D eigenvalue weighted by molar-refractivity contribution is 0.245. The molecular formula is C37H22. The maximum atomic E-state index is 5.92. The van der Waals surface area contributed by atoms with Crippen molar-refractivity contribution in [1.82, 2.24) is 0 Å². The Morgan fingerprint density at radius 1 is 0.405 bits per heavy atom. The van der Waals surface area contributed by atoms with Gasteiger partial charge >= 0.3 is 0 Å². The summed E-state index contributed by atoms with van der Waals surface area (Å²) in [5.41, 5.74) is 10.1. The van der Waals surface area contributed by atoms with Crippen molar-refractivity contribution in [1.29, 1.82) is 0 Å². The van der Waals surface area contributed by atoms with Crippen molar-refractivity contribution >= 4 is 0 Å². The zero-order chi connectivity index (χ0) is 26.5. The summed E-state index contributed by atoms with van der Waals surface area (Å²) < 4.78 is 0. The zero-order valence-corrected chi connectivity index (χ0v) is 21.0. The van der Waals surface area contributed by atoms with Crippen LogP contribution in [0.25, 0.3) is 0 Å². The standard InChI is InChI=1S/C37H22/c1-10-22-16-28-29(17-23(22)11-2)36(8)32-20-26(14-5)27(15-6)21-33(32)37(9)31-19-25(13-4)24(12-3)18-30(31)35(28,7)34(36)37/h1-6,16-21,34H,7-9H3. The Hall–Kier alpha value is -4.98. The Kier molecular flexibility index (Phi) is 4.14. The quantitative estimate of drug-likeness (QED) is 0.387. The van der Waals surface area contributed by atoms with Crippen molar-refractivity contribution in [3.63, 3.8) is 0 Å². The third kappa shape index (κ3) is 2.20. The van der Waals surface area contributed by atoms with Crippen LogP contribution in [0.5, 0.6) is 0 Å². The molecule has 170 valence electrons. The average Bonchev–Trinajstić information content (AvgIpc) is 3.36. The maximum absolute atomic E-state index is 5.92. The fraction of sp³-hybridized carbons (Fsp3) is 0.189. The van der Waals surface area contributed by atoms with Gasteiger partial charge in [-0.3, -0.25) is 0 Å². The highest BCUT2D eigenvalue weighted by molar-refractivity contribution is 5.78. The van der Waals surface area contributed by atoms with Crippen molar-refractivity contribution in [3.05, 3.63) is 103 Å². The van der Waals surface area contributed by atoms with Crippen LogP contribution in [0, 0.1) is 80.0 Å². The highest BCUT2D eigenvalue weighted by Crippen LogP contribution is 2.76. The molecule has 0 amide bonds. The Labute approximate surface area is 219 Å². The van der Waals surface area contributed by atoms with Crippen LogP contribution in [0.15, 0.2) is 36.4 Å². The van der Waals surface area contributed by atoms with Crippen LogP contribution in [0.3, 0.4) is 0 Å². The third-order valence-electron chi connectivity index (χ3n) is 9.50. The lowest BCUT2D eigenvalue weighted by Gasteiger charge is -2.37. The van der Waals surface area contributed by atoms with Crippen molar-refractivity contribution in [3.8, 4) is 74.1 Å². The van der Waals surface area contributed by atoms with Crippen molar-refractivity contribution in [2.24, 2.45) is 5.92 Å². The van der Waals surface area contributed by atoms with Gasteiger partial charge in [0.1, 0.15) is 0 Å². The lowest BCUT2D eigenvalue weighted by Crippen LogP contribution is -2.39. The maximum Gasteiger partial charge on any atom is 0.0402 e. The van der Waals surface area contributed by atoms with Crippen molar-refractivity contribution < 1.29 is 0 Å². The summed E-state index contributed by atoms with van der Waals surface area (Å²) in [6.07, 6.45) is 35.5. The van der Waals surface area contributed by atoms with Gasteiger partial charge in [0.15, 0.2) is 0 Å². The minimum Gasteiger partial charge on any atom is -0.115 e. The van der Waals surface area contributed by atoms with E-state index in [0.717, 1.165) is 0 Å². The van der Waals surface area contributed by atoms with Crippen molar-refractivity contribution in [2.75, 3.05) is 0 Å². The van der Waals surface area contributed by atoms with Crippen LogP contribution in [-0.4, -0.2) is 0 Å². The van der Waals surface area contributed by atoms with E-state index in [1.54, 1.807) is 0 Å². The van der Waals surface area contributed by atoms with Crippen molar-refractivity contribution in [2.45, 2.75) is 37.0 Å². The van der Waals surface area contributed by atoms with E-state index >= 15 is 0 Å². The van der Waals surface area contributed by atoms with E-state index in [2.05, 4.69) is 92.7 Å². The topological polar surface area (TPSA) is 0 Å². The summed E-state index contributed by atoms with van der Waals surface area (Å²) in [6.45, 7) is 6.90. The highest BCUT2D eigenvalue weighted by atomic mass is 14.7. The molecule has 0 aromatic heterocycles. The fourth-order valence-electron chi connectivity index (χ4n) is 8.19. The molecule has 0 unspecified atom stereocenters. The monoisotopic (exact) mass is 466 g/mol. The lowest BCUT2D eigenvalue weighted by atomic mass is 9.64. The molecule has 0 bridgehead atoms. The number of hydrogen-bond donors (Lipinski definition) is 0. The molecule has 0 atom stereocenters. The molecule has 3 aromatic rings. The first-order chi connectivity index (χ1) is 17.7. The summed E-state index contributed by atoms with van der Waals surface area (Å²) >= 11 is 0. The first-order valence-electron chi connectivity index (χ1n) is 12.1. The van der Waals surface area contributed by atoms with E-state index in [-0.39, 0.29) is 5.92 Å². The van der Waals surface area contributed by atoms with Crippen LogP contribution in [0.1, 0.15) is 87.5 Å². The van der Waals surface area contributed by atoms with E-state index in [1.165, 1.54) is 33.4 Å². The van der Waals surface area contributed by atoms with Crippen LogP contribution >= 0.6 is 0 Å². The van der Waals surface area contributed by atoms with Crippen LogP contribution in [-0.2, 0) is 16.2 Å². The smallest absolute Gasteiger partial charge is 0.0402 e. The second-order valence-corrected chi connectivity index (χ2v) is 10.7. The predicted octanol–water partition coefficient (Wildman–Crippen LogP) is 5.45. The molecular weight excluding hydrogens is 444 g/mol. The molecule has 3 aliphatic rings. The minimum atomic E-state index is -0.405. The molecule has 0 N–H and O–H groups in total. The average molecular weight is 467 g/mol. The summed E-state index contributed by atoms with van der Waals surface area (Å²) in [6, 6.07) is 12.6. The van der Waals surface area contributed by atoms with E-state index in [1.807, 2.05) is 0 Å². The van der Waals surface area contributed by atoms with E-state index in [0.29, 0.717) is 33.4 Å². The summed E-state index contributed by atoms with van der Waals surface area (Å²) in [7, 11) is 0. The molecule has 37 heavy (non-hydrogen) atoms. The SMILES string of the molecule is C#Cc1cc2c(cc1C#C)C1(C)c3cc(C#C)c(C#C)cc3C3(C)c4cc(C#C)c(C#C)cc4C2(C)C13. The molecule has 0 heterocycles.